The Labute approximate surface area is 128 Å². The summed E-state index contributed by atoms with van der Waals surface area (Å²) in [5.74, 6) is 0.761. The number of benzene rings is 1. The minimum atomic E-state index is -0.932. The van der Waals surface area contributed by atoms with Crippen molar-refractivity contribution in [3.05, 3.63) is 23.3 Å². The quantitative estimate of drug-likeness (QED) is 0.645. The maximum absolute atomic E-state index is 10.7. The fourth-order valence-electron chi connectivity index (χ4n) is 1.93. The molecule has 0 bridgehead atoms. The van der Waals surface area contributed by atoms with E-state index in [4.69, 9.17) is 4.74 Å². The van der Waals surface area contributed by atoms with E-state index in [1.165, 1.54) is 0 Å². The zero-order chi connectivity index (χ0) is 16.2. The molecule has 0 saturated heterocycles. The maximum atomic E-state index is 10.7. The summed E-state index contributed by atoms with van der Waals surface area (Å²) in [6, 6.07) is 3.86. The van der Waals surface area contributed by atoms with E-state index in [0.29, 0.717) is 5.75 Å². The normalized spacial score (nSPS) is 14.5. The minimum absolute atomic E-state index is 0.0892. The Morgan fingerprint density at radius 2 is 2.05 bits per heavy atom. The fourth-order valence-corrected chi connectivity index (χ4v) is 1.93. The van der Waals surface area contributed by atoms with Crippen molar-refractivity contribution in [2.24, 2.45) is 10.9 Å². The van der Waals surface area contributed by atoms with Gasteiger partial charge in [-0.15, -0.1) is 0 Å². The number of hydrogen-bond donors (Lipinski definition) is 1. The Balaban J connectivity index is 3.29. The highest BCUT2D eigenvalue weighted by Gasteiger charge is 2.31. The van der Waals surface area contributed by atoms with Crippen LogP contribution in [0.15, 0.2) is 17.1 Å². The van der Waals surface area contributed by atoms with Gasteiger partial charge in [-0.25, -0.2) is 4.99 Å². The van der Waals surface area contributed by atoms with Gasteiger partial charge >= 0.3 is 0 Å². The van der Waals surface area contributed by atoms with E-state index in [0.717, 1.165) is 23.4 Å². The van der Waals surface area contributed by atoms with Crippen molar-refractivity contribution in [1.82, 2.24) is 4.90 Å². The highest BCUT2D eigenvalue weighted by molar-refractivity contribution is 5.65. The summed E-state index contributed by atoms with van der Waals surface area (Å²) in [6.07, 6.45) is 1.81. The lowest BCUT2D eigenvalue weighted by atomic mass is 9.84. The summed E-state index contributed by atoms with van der Waals surface area (Å²) in [5, 5.41) is 10.7. The fraction of sp³-hybridized carbons (Fsp3) is 0.588. The topological polar surface area (TPSA) is 45.1 Å². The number of aliphatic imine (C=N–C) groups is 1. The van der Waals surface area contributed by atoms with Crippen LogP contribution in [0.25, 0.3) is 0 Å². The third kappa shape index (κ3) is 3.97. The van der Waals surface area contributed by atoms with Crippen molar-refractivity contribution < 1.29 is 9.84 Å². The Kier molecular flexibility index (Phi) is 5.78. The average Bonchev–Trinajstić information content (AvgIpc) is 2.44. The van der Waals surface area contributed by atoms with Gasteiger partial charge in [0.15, 0.2) is 0 Å². The van der Waals surface area contributed by atoms with Gasteiger partial charge in [0.05, 0.1) is 24.7 Å². The zero-order valence-electron chi connectivity index (χ0n) is 14.3. The molecule has 1 N–H and O–H groups in total. The molecule has 0 aliphatic carbocycles. The lowest BCUT2D eigenvalue weighted by Gasteiger charge is -2.30. The first-order valence-corrected chi connectivity index (χ1v) is 7.39. The SMILES string of the molecule is CCN(C)C=Nc1cc(OC)c(C(C)(O)C(C)C)cc1C. The standard InChI is InChI=1S/C17H28N2O2/c1-8-19(6)11-18-15-10-16(21-7)14(9-13(15)4)17(5,20)12(2)3/h9-12,20H,8H2,1-7H3. The molecule has 1 aromatic carbocycles. The first-order chi connectivity index (χ1) is 9.73. The van der Waals surface area contributed by atoms with Gasteiger partial charge in [-0.2, -0.15) is 0 Å². The predicted molar refractivity (Wildman–Crippen MR) is 88.6 cm³/mol. The van der Waals surface area contributed by atoms with Crippen LogP contribution in [0.4, 0.5) is 5.69 Å². The van der Waals surface area contributed by atoms with E-state index in [2.05, 4.69) is 11.9 Å². The van der Waals surface area contributed by atoms with E-state index in [1.807, 2.05) is 58.1 Å². The number of hydrogen-bond acceptors (Lipinski definition) is 3. The number of aliphatic hydroxyl groups is 1. The first-order valence-electron chi connectivity index (χ1n) is 7.39. The van der Waals surface area contributed by atoms with Crippen LogP contribution in [-0.4, -0.2) is 37.0 Å². The molecule has 0 saturated carbocycles. The highest BCUT2D eigenvalue weighted by Crippen LogP contribution is 2.39. The van der Waals surface area contributed by atoms with E-state index in [1.54, 1.807) is 7.11 Å². The second kappa shape index (κ2) is 6.94. The molecule has 21 heavy (non-hydrogen) atoms. The number of rotatable bonds is 6. The smallest absolute Gasteiger partial charge is 0.127 e. The molecule has 0 radical (unpaired) electrons. The molecule has 1 aromatic rings. The van der Waals surface area contributed by atoms with Crippen LogP contribution in [0.1, 0.15) is 38.8 Å². The van der Waals surface area contributed by atoms with Crippen molar-refractivity contribution in [2.45, 2.75) is 40.2 Å². The van der Waals surface area contributed by atoms with Crippen LogP contribution in [0.5, 0.6) is 5.75 Å². The molecule has 0 heterocycles. The summed E-state index contributed by atoms with van der Waals surface area (Å²) >= 11 is 0. The summed E-state index contributed by atoms with van der Waals surface area (Å²) in [5.41, 5.74) is 1.75. The monoisotopic (exact) mass is 292 g/mol. The third-order valence-corrected chi connectivity index (χ3v) is 4.08. The Bertz CT molecular complexity index is 508. The van der Waals surface area contributed by atoms with Gasteiger partial charge in [0.2, 0.25) is 0 Å². The molecular formula is C17H28N2O2. The van der Waals surface area contributed by atoms with Crippen LogP contribution < -0.4 is 4.74 Å². The van der Waals surface area contributed by atoms with Crippen molar-refractivity contribution in [3.8, 4) is 5.75 Å². The lowest BCUT2D eigenvalue weighted by molar-refractivity contribution is 0.00692. The van der Waals surface area contributed by atoms with Crippen LogP contribution in [-0.2, 0) is 5.60 Å². The van der Waals surface area contributed by atoms with E-state index in [9.17, 15) is 5.11 Å². The lowest BCUT2D eigenvalue weighted by Crippen LogP contribution is -2.28. The largest absolute Gasteiger partial charge is 0.496 e. The summed E-state index contributed by atoms with van der Waals surface area (Å²) < 4.78 is 5.46. The summed E-state index contributed by atoms with van der Waals surface area (Å²) in [6.45, 7) is 10.8. The molecule has 1 rings (SSSR count). The van der Waals surface area contributed by atoms with Crippen LogP contribution >= 0.6 is 0 Å². The molecule has 0 fully saturated rings. The molecule has 1 atom stereocenters. The molecule has 0 aliphatic rings. The number of ether oxygens (including phenoxy) is 1. The van der Waals surface area contributed by atoms with E-state index < -0.39 is 5.60 Å². The van der Waals surface area contributed by atoms with E-state index in [-0.39, 0.29) is 5.92 Å². The third-order valence-electron chi connectivity index (χ3n) is 4.08. The molecule has 4 heteroatoms. The van der Waals surface area contributed by atoms with Crippen LogP contribution in [0.2, 0.25) is 0 Å². The van der Waals surface area contributed by atoms with Crippen molar-refractivity contribution >= 4 is 12.0 Å². The number of nitrogens with zero attached hydrogens (tertiary/aromatic N) is 2. The Morgan fingerprint density at radius 3 is 2.52 bits per heavy atom. The summed E-state index contributed by atoms with van der Waals surface area (Å²) in [4.78, 5) is 6.50. The van der Waals surface area contributed by atoms with Crippen molar-refractivity contribution in [3.63, 3.8) is 0 Å². The van der Waals surface area contributed by atoms with Gasteiger partial charge in [-0.3, -0.25) is 0 Å². The van der Waals surface area contributed by atoms with Gasteiger partial charge in [-0.1, -0.05) is 13.8 Å². The van der Waals surface area contributed by atoms with Gasteiger partial charge in [-0.05, 0) is 38.3 Å². The van der Waals surface area contributed by atoms with Crippen molar-refractivity contribution in [1.29, 1.82) is 0 Å². The number of methoxy groups -OCH3 is 1. The zero-order valence-corrected chi connectivity index (χ0v) is 14.3. The van der Waals surface area contributed by atoms with Crippen LogP contribution in [0.3, 0.4) is 0 Å². The molecule has 0 aliphatic heterocycles. The maximum Gasteiger partial charge on any atom is 0.127 e. The van der Waals surface area contributed by atoms with Gasteiger partial charge in [0.1, 0.15) is 5.75 Å². The molecular weight excluding hydrogens is 264 g/mol. The highest BCUT2D eigenvalue weighted by atomic mass is 16.5. The Hall–Kier alpha value is -1.55. The average molecular weight is 292 g/mol. The van der Waals surface area contributed by atoms with Gasteiger partial charge in [0, 0.05) is 25.2 Å². The second-order valence-corrected chi connectivity index (χ2v) is 5.96. The van der Waals surface area contributed by atoms with Gasteiger partial charge in [0.25, 0.3) is 0 Å². The second-order valence-electron chi connectivity index (χ2n) is 5.96. The molecule has 0 amide bonds. The van der Waals surface area contributed by atoms with Gasteiger partial charge < -0.3 is 14.7 Å². The molecule has 0 spiro atoms. The minimum Gasteiger partial charge on any atom is -0.496 e. The Morgan fingerprint density at radius 1 is 1.43 bits per heavy atom. The predicted octanol–water partition coefficient (Wildman–Crippen LogP) is 3.48. The number of aryl methyl sites for hydroxylation is 1. The molecule has 1 unspecified atom stereocenters. The van der Waals surface area contributed by atoms with Crippen molar-refractivity contribution in [2.75, 3.05) is 20.7 Å². The van der Waals surface area contributed by atoms with Crippen LogP contribution in [0, 0.1) is 12.8 Å². The first kappa shape index (κ1) is 17.5. The molecule has 4 nitrogen and oxygen atoms in total. The molecule has 0 aromatic heterocycles. The summed E-state index contributed by atoms with van der Waals surface area (Å²) in [7, 11) is 3.60. The van der Waals surface area contributed by atoms with E-state index >= 15 is 0 Å². The molecule has 118 valence electrons.